The summed E-state index contributed by atoms with van der Waals surface area (Å²) in [6.07, 6.45) is 1.58. The molecule has 0 aromatic heterocycles. The van der Waals surface area contributed by atoms with E-state index in [-0.39, 0.29) is 17.9 Å². The molecule has 2 fully saturated rings. The van der Waals surface area contributed by atoms with Gasteiger partial charge in [0.15, 0.2) is 0 Å². The summed E-state index contributed by atoms with van der Waals surface area (Å²) in [6, 6.07) is 15.9. The van der Waals surface area contributed by atoms with Gasteiger partial charge in [-0.25, -0.2) is 0 Å². The van der Waals surface area contributed by atoms with Crippen LogP contribution in [0.1, 0.15) is 45.9 Å². The van der Waals surface area contributed by atoms with Gasteiger partial charge in [0, 0.05) is 44.7 Å². The van der Waals surface area contributed by atoms with E-state index in [1.165, 1.54) is 5.56 Å². The summed E-state index contributed by atoms with van der Waals surface area (Å²) < 4.78 is 5.46. The molecular formula is C25H31N3O3. The van der Waals surface area contributed by atoms with Gasteiger partial charge in [-0.3, -0.25) is 14.5 Å². The molecule has 2 heterocycles. The summed E-state index contributed by atoms with van der Waals surface area (Å²) >= 11 is 0. The molecule has 31 heavy (non-hydrogen) atoms. The van der Waals surface area contributed by atoms with Crippen molar-refractivity contribution < 1.29 is 14.3 Å². The van der Waals surface area contributed by atoms with Crippen LogP contribution in [0.25, 0.3) is 0 Å². The summed E-state index contributed by atoms with van der Waals surface area (Å²) in [4.78, 5) is 29.1. The number of likely N-dealkylation sites (tertiary alicyclic amines) is 1. The Balaban J connectivity index is 1.43. The normalized spacial score (nSPS) is 18.2. The molecule has 1 unspecified atom stereocenters. The number of aryl methyl sites for hydroxylation is 1. The van der Waals surface area contributed by atoms with E-state index >= 15 is 0 Å². The fourth-order valence-corrected chi connectivity index (χ4v) is 4.17. The third kappa shape index (κ3) is 5.71. The summed E-state index contributed by atoms with van der Waals surface area (Å²) in [5, 5.41) is 3.23. The lowest BCUT2D eigenvalue weighted by Gasteiger charge is -2.31. The Bertz CT molecular complexity index is 889. The van der Waals surface area contributed by atoms with Crippen LogP contribution in [0.5, 0.6) is 0 Å². The lowest BCUT2D eigenvalue weighted by molar-refractivity contribution is -0.128. The van der Waals surface area contributed by atoms with Crippen molar-refractivity contribution >= 4 is 11.8 Å². The number of amides is 2. The van der Waals surface area contributed by atoms with Crippen LogP contribution in [0, 0.1) is 6.92 Å². The van der Waals surface area contributed by atoms with Gasteiger partial charge in [-0.1, -0.05) is 42.0 Å². The van der Waals surface area contributed by atoms with E-state index in [1.54, 1.807) is 0 Å². The smallest absolute Gasteiger partial charge is 0.251 e. The quantitative estimate of drug-likeness (QED) is 0.747. The predicted octanol–water partition coefficient (Wildman–Crippen LogP) is 2.92. The number of ether oxygens (including phenoxy) is 1. The molecule has 6 heteroatoms. The number of rotatable bonds is 7. The minimum Gasteiger partial charge on any atom is -0.379 e. The van der Waals surface area contributed by atoms with Gasteiger partial charge >= 0.3 is 0 Å². The maximum absolute atomic E-state index is 13.0. The molecule has 0 radical (unpaired) electrons. The van der Waals surface area contributed by atoms with Gasteiger partial charge in [-0.2, -0.15) is 0 Å². The number of hydrogen-bond donors (Lipinski definition) is 1. The molecule has 4 rings (SSSR count). The molecule has 0 saturated carbocycles. The number of nitrogens with zero attached hydrogens (tertiary/aromatic N) is 2. The fraction of sp³-hybridized carbons (Fsp3) is 0.440. The summed E-state index contributed by atoms with van der Waals surface area (Å²) in [6.45, 7) is 7.48. The minimum absolute atomic E-state index is 0.0809. The van der Waals surface area contributed by atoms with E-state index in [0.29, 0.717) is 18.5 Å². The largest absolute Gasteiger partial charge is 0.379 e. The molecule has 2 aliphatic heterocycles. The van der Waals surface area contributed by atoms with Crippen molar-refractivity contribution in [1.82, 2.24) is 15.1 Å². The van der Waals surface area contributed by atoms with Crippen LogP contribution in [-0.4, -0.2) is 61.0 Å². The van der Waals surface area contributed by atoms with E-state index in [4.69, 9.17) is 4.74 Å². The van der Waals surface area contributed by atoms with Crippen molar-refractivity contribution in [2.75, 3.05) is 39.4 Å². The molecule has 2 aliphatic rings. The highest BCUT2D eigenvalue weighted by Crippen LogP contribution is 2.19. The molecule has 1 atom stereocenters. The standard InChI is InChI=1S/C25H31N3O3/c1-19-4-8-21(9-5-19)23(18-27-13-15-31-16-14-27)26-25(30)22-10-6-20(7-11-22)17-28-12-2-3-24(28)29/h4-11,23H,2-3,12-18H2,1H3,(H,26,30). The van der Waals surface area contributed by atoms with Crippen LogP contribution >= 0.6 is 0 Å². The molecule has 164 valence electrons. The average molecular weight is 422 g/mol. The lowest BCUT2D eigenvalue weighted by Crippen LogP contribution is -2.43. The third-order valence-corrected chi connectivity index (χ3v) is 6.09. The van der Waals surface area contributed by atoms with Crippen LogP contribution in [0.4, 0.5) is 0 Å². The Morgan fingerprint density at radius 2 is 1.74 bits per heavy atom. The van der Waals surface area contributed by atoms with Gasteiger partial charge in [-0.15, -0.1) is 0 Å². The van der Waals surface area contributed by atoms with Crippen molar-refractivity contribution in [3.8, 4) is 0 Å². The molecular weight excluding hydrogens is 390 g/mol. The number of nitrogens with one attached hydrogen (secondary N) is 1. The second-order valence-electron chi connectivity index (χ2n) is 8.47. The van der Waals surface area contributed by atoms with Crippen molar-refractivity contribution in [3.05, 3.63) is 70.8 Å². The monoisotopic (exact) mass is 421 g/mol. The summed E-state index contributed by atoms with van der Waals surface area (Å²) in [5.41, 5.74) is 3.99. The molecule has 2 aromatic rings. The van der Waals surface area contributed by atoms with Gasteiger partial charge in [-0.05, 0) is 36.6 Å². The van der Waals surface area contributed by atoms with Crippen LogP contribution < -0.4 is 5.32 Å². The Hall–Kier alpha value is -2.70. The third-order valence-electron chi connectivity index (χ3n) is 6.09. The molecule has 0 bridgehead atoms. The highest BCUT2D eigenvalue weighted by atomic mass is 16.5. The first-order valence-electron chi connectivity index (χ1n) is 11.1. The first-order chi connectivity index (χ1) is 15.1. The van der Waals surface area contributed by atoms with E-state index in [1.807, 2.05) is 29.2 Å². The van der Waals surface area contributed by atoms with Crippen molar-refractivity contribution in [2.45, 2.75) is 32.4 Å². The number of carbonyl (C=O) groups excluding carboxylic acids is 2. The number of carbonyl (C=O) groups is 2. The zero-order valence-electron chi connectivity index (χ0n) is 18.2. The van der Waals surface area contributed by atoms with Gasteiger partial charge in [0.05, 0.1) is 19.3 Å². The molecule has 6 nitrogen and oxygen atoms in total. The molecule has 0 spiro atoms. The molecule has 1 N–H and O–H groups in total. The van der Waals surface area contributed by atoms with Crippen LogP contribution in [0.15, 0.2) is 48.5 Å². The van der Waals surface area contributed by atoms with Gasteiger partial charge < -0.3 is 15.0 Å². The molecule has 2 amide bonds. The zero-order chi connectivity index (χ0) is 21.6. The van der Waals surface area contributed by atoms with E-state index in [9.17, 15) is 9.59 Å². The Morgan fingerprint density at radius 1 is 1.03 bits per heavy atom. The topological polar surface area (TPSA) is 61.9 Å². The van der Waals surface area contributed by atoms with Gasteiger partial charge in [0.2, 0.25) is 5.91 Å². The van der Waals surface area contributed by atoms with Crippen LogP contribution in [0.3, 0.4) is 0 Å². The second-order valence-corrected chi connectivity index (χ2v) is 8.47. The van der Waals surface area contributed by atoms with E-state index < -0.39 is 0 Å². The van der Waals surface area contributed by atoms with Crippen LogP contribution in [-0.2, 0) is 16.1 Å². The summed E-state index contributed by atoms with van der Waals surface area (Å²) in [5.74, 6) is 0.133. The van der Waals surface area contributed by atoms with Crippen molar-refractivity contribution in [1.29, 1.82) is 0 Å². The highest BCUT2D eigenvalue weighted by molar-refractivity contribution is 5.94. The second kappa shape index (κ2) is 10.1. The Kier molecular flexibility index (Phi) is 6.99. The summed E-state index contributed by atoms with van der Waals surface area (Å²) in [7, 11) is 0. The Labute approximate surface area is 184 Å². The van der Waals surface area contributed by atoms with Crippen LogP contribution in [0.2, 0.25) is 0 Å². The SMILES string of the molecule is Cc1ccc(C(CN2CCOCC2)NC(=O)c2ccc(CN3CCCC3=O)cc2)cc1. The molecule has 2 saturated heterocycles. The minimum atomic E-state index is -0.0897. The van der Waals surface area contributed by atoms with E-state index in [2.05, 4.69) is 41.4 Å². The van der Waals surface area contributed by atoms with Crippen molar-refractivity contribution in [3.63, 3.8) is 0 Å². The number of benzene rings is 2. The lowest BCUT2D eigenvalue weighted by atomic mass is 10.0. The first kappa shape index (κ1) is 21.5. The highest BCUT2D eigenvalue weighted by Gasteiger charge is 2.22. The van der Waals surface area contributed by atoms with Gasteiger partial charge in [0.1, 0.15) is 0 Å². The molecule has 0 aliphatic carbocycles. The maximum Gasteiger partial charge on any atom is 0.251 e. The number of morpholine rings is 1. The predicted molar refractivity (Wildman–Crippen MR) is 120 cm³/mol. The fourth-order valence-electron chi connectivity index (χ4n) is 4.17. The Morgan fingerprint density at radius 3 is 2.39 bits per heavy atom. The zero-order valence-corrected chi connectivity index (χ0v) is 18.2. The first-order valence-corrected chi connectivity index (χ1v) is 11.1. The molecule has 2 aromatic carbocycles. The average Bonchev–Trinajstić information content (AvgIpc) is 3.19. The van der Waals surface area contributed by atoms with Crippen molar-refractivity contribution in [2.24, 2.45) is 0 Å². The van der Waals surface area contributed by atoms with E-state index in [0.717, 1.165) is 56.9 Å². The number of hydrogen-bond acceptors (Lipinski definition) is 4. The van der Waals surface area contributed by atoms with Gasteiger partial charge in [0.25, 0.3) is 5.91 Å². The maximum atomic E-state index is 13.0.